The van der Waals surface area contributed by atoms with Crippen LogP contribution in [0.5, 0.6) is 17.2 Å². The fraction of sp³-hybridized carbons (Fsp3) is 0.400. The molecule has 0 saturated heterocycles. The first-order chi connectivity index (χ1) is 27.8. The van der Waals surface area contributed by atoms with Gasteiger partial charge in [-0.2, -0.15) is 0 Å². The van der Waals surface area contributed by atoms with Gasteiger partial charge in [-0.1, -0.05) is 65.9 Å². The SMILES string of the molecule is CCCNC(=O)OC[C@H]1O[C@H](CCON=C(C)CCC(=O)OC[C@H]2O[C@H](C#Cc3ccccc3)C=C[C@@H]2Oc2ccc(C)cc2)C=C[C@@H]1Oc1ccc(OC)cc1. The molecule has 12 heteroatoms. The largest absolute Gasteiger partial charge is 0.497 e. The number of amides is 1. The van der Waals surface area contributed by atoms with Crippen molar-refractivity contribution in [3.63, 3.8) is 0 Å². The van der Waals surface area contributed by atoms with Gasteiger partial charge in [0, 0.05) is 18.5 Å². The molecule has 3 aromatic carbocycles. The van der Waals surface area contributed by atoms with Gasteiger partial charge in [0.2, 0.25) is 0 Å². The van der Waals surface area contributed by atoms with E-state index in [-0.39, 0.29) is 32.3 Å². The van der Waals surface area contributed by atoms with Crippen molar-refractivity contribution < 1.29 is 47.6 Å². The third-order valence-corrected chi connectivity index (χ3v) is 8.86. The molecule has 57 heavy (non-hydrogen) atoms. The van der Waals surface area contributed by atoms with Gasteiger partial charge in [0.05, 0.1) is 25.3 Å². The van der Waals surface area contributed by atoms with Crippen molar-refractivity contribution >= 4 is 17.8 Å². The average Bonchev–Trinajstić information content (AvgIpc) is 3.24. The number of carbonyl (C=O) groups excluding carboxylic acids is 2. The Hall–Kier alpha value is -5.77. The zero-order valence-electron chi connectivity index (χ0n) is 33.0. The van der Waals surface area contributed by atoms with Crippen molar-refractivity contribution in [1.29, 1.82) is 0 Å². The normalized spacial score (nSPS) is 21.4. The van der Waals surface area contributed by atoms with E-state index in [0.717, 1.165) is 17.5 Å². The first-order valence-corrected chi connectivity index (χ1v) is 19.3. The summed E-state index contributed by atoms with van der Waals surface area (Å²) >= 11 is 0. The number of hydrogen-bond donors (Lipinski definition) is 1. The minimum atomic E-state index is -0.571. The van der Waals surface area contributed by atoms with Gasteiger partial charge in [-0.05, 0) is 93.4 Å². The van der Waals surface area contributed by atoms with Crippen LogP contribution in [-0.2, 0) is 28.6 Å². The van der Waals surface area contributed by atoms with E-state index in [4.69, 9.17) is 38.0 Å². The second-order valence-electron chi connectivity index (χ2n) is 13.5. The molecule has 0 radical (unpaired) electrons. The van der Waals surface area contributed by atoms with Crippen molar-refractivity contribution in [3.05, 3.63) is 114 Å². The lowest BCUT2D eigenvalue weighted by Crippen LogP contribution is -2.43. The molecule has 12 nitrogen and oxygen atoms in total. The minimum absolute atomic E-state index is 0.00162. The number of carbonyl (C=O) groups is 2. The molecule has 0 unspecified atom stereocenters. The summed E-state index contributed by atoms with van der Waals surface area (Å²) in [5.41, 5.74) is 2.64. The molecular formula is C45H52N2O10. The third kappa shape index (κ3) is 14.7. The first-order valence-electron chi connectivity index (χ1n) is 19.3. The topological polar surface area (TPSA) is 132 Å². The Morgan fingerprint density at radius 2 is 1.44 bits per heavy atom. The predicted molar refractivity (Wildman–Crippen MR) is 215 cm³/mol. The quantitative estimate of drug-likeness (QED) is 0.0355. The lowest BCUT2D eigenvalue weighted by atomic mass is 10.1. The molecule has 0 aromatic heterocycles. The van der Waals surface area contributed by atoms with E-state index in [0.29, 0.717) is 42.3 Å². The molecule has 0 fully saturated rings. The van der Waals surface area contributed by atoms with Gasteiger partial charge < -0.3 is 43.3 Å². The number of ether oxygens (including phenoxy) is 7. The van der Waals surface area contributed by atoms with Crippen LogP contribution in [0.3, 0.4) is 0 Å². The van der Waals surface area contributed by atoms with Crippen LogP contribution in [0.25, 0.3) is 0 Å². The number of methoxy groups -OCH3 is 1. The number of alkyl carbamates (subject to hydrolysis) is 1. The fourth-order valence-corrected chi connectivity index (χ4v) is 5.69. The van der Waals surface area contributed by atoms with E-state index in [1.165, 1.54) is 0 Å². The van der Waals surface area contributed by atoms with Crippen LogP contribution in [-0.4, -0.2) is 87.9 Å². The summed E-state index contributed by atoms with van der Waals surface area (Å²) < 4.78 is 41.2. The maximum atomic E-state index is 12.8. The lowest BCUT2D eigenvalue weighted by Gasteiger charge is -2.32. The minimum Gasteiger partial charge on any atom is -0.497 e. The highest BCUT2D eigenvalue weighted by Gasteiger charge is 2.31. The number of aryl methyl sites for hydroxylation is 1. The van der Waals surface area contributed by atoms with Gasteiger partial charge in [0.25, 0.3) is 0 Å². The van der Waals surface area contributed by atoms with Crippen LogP contribution in [0.4, 0.5) is 4.79 Å². The molecule has 0 aliphatic carbocycles. The molecule has 1 N–H and O–H groups in total. The molecule has 302 valence electrons. The summed E-state index contributed by atoms with van der Waals surface area (Å²) in [6.07, 6.45) is 5.90. The molecular weight excluding hydrogens is 728 g/mol. The van der Waals surface area contributed by atoms with E-state index >= 15 is 0 Å². The van der Waals surface area contributed by atoms with E-state index < -0.39 is 42.6 Å². The Morgan fingerprint density at radius 1 is 0.789 bits per heavy atom. The number of benzene rings is 3. The van der Waals surface area contributed by atoms with Crippen molar-refractivity contribution in [2.24, 2.45) is 5.16 Å². The van der Waals surface area contributed by atoms with Gasteiger partial charge >= 0.3 is 12.1 Å². The Bertz CT molecular complexity index is 1850. The molecule has 0 bridgehead atoms. The van der Waals surface area contributed by atoms with E-state index in [1.807, 2.05) is 92.7 Å². The fourth-order valence-electron chi connectivity index (χ4n) is 5.69. The molecule has 3 aromatic rings. The second kappa shape index (κ2) is 22.7. The monoisotopic (exact) mass is 780 g/mol. The molecule has 2 aliphatic rings. The van der Waals surface area contributed by atoms with Crippen molar-refractivity contribution in [1.82, 2.24) is 5.32 Å². The second-order valence-corrected chi connectivity index (χ2v) is 13.5. The Balaban J connectivity index is 1.07. The van der Waals surface area contributed by atoms with Crippen LogP contribution < -0.4 is 19.5 Å². The van der Waals surface area contributed by atoms with Gasteiger partial charge in [-0.3, -0.25) is 4.79 Å². The average molecular weight is 781 g/mol. The Kier molecular flexibility index (Phi) is 16.9. The van der Waals surface area contributed by atoms with Crippen molar-refractivity contribution in [2.45, 2.75) is 83.1 Å². The van der Waals surface area contributed by atoms with Crippen LogP contribution in [0.1, 0.15) is 50.7 Å². The smallest absolute Gasteiger partial charge is 0.407 e. The summed E-state index contributed by atoms with van der Waals surface area (Å²) in [6, 6.07) is 24.6. The van der Waals surface area contributed by atoms with E-state index in [2.05, 4.69) is 22.3 Å². The Labute approximate surface area is 335 Å². The maximum absolute atomic E-state index is 12.8. The molecule has 2 heterocycles. The van der Waals surface area contributed by atoms with Crippen LogP contribution in [0.2, 0.25) is 0 Å². The molecule has 0 saturated carbocycles. The summed E-state index contributed by atoms with van der Waals surface area (Å²) in [4.78, 5) is 30.6. The number of esters is 1. The zero-order valence-corrected chi connectivity index (χ0v) is 33.0. The summed E-state index contributed by atoms with van der Waals surface area (Å²) in [7, 11) is 1.60. The highest BCUT2D eigenvalue weighted by Crippen LogP contribution is 2.25. The van der Waals surface area contributed by atoms with Crippen LogP contribution >= 0.6 is 0 Å². The molecule has 2 aliphatic heterocycles. The zero-order chi connectivity index (χ0) is 40.2. The van der Waals surface area contributed by atoms with Gasteiger partial charge in [0.1, 0.15) is 67.6 Å². The summed E-state index contributed by atoms with van der Waals surface area (Å²) in [5.74, 6) is 7.90. The number of oxime groups is 1. The number of nitrogens with one attached hydrogen (secondary N) is 1. The Morgan fingerprint density at radius 3 is 2.14 bits per heavy atom. The number of nitrogens with zero attached hydrogens (tertiary/aromatic N) is 1. The number of hydrogen-bond acceptors (Lipinski definition) is 11. The van der Waals surface area contributed by atoms with Gasteiger partial charge in [-0.25, -0.2) is 4.79 Å². The van der Waals surface area contributed by atoms with E-state index in [9.17, 15) is 9.59 Å². The van der Waals surface area contributed by atoms with Gasteiger partial charge in [0.15, 0.2) is 0 Å². The highest BCUT2D eigenvalue weighted by molar-refractivity contribution is 5.85. The molecule has 5 rings (SSSR count). The molecule has 1 amide bonds. The van der Waals surface area contributed by atoms with Crippen LogP contribution in [0.15, 0.2) is 108 Å². The molecule has 6 atom stereocenters. The first kappa shape index (κ1) is 42.4. The molecule has 0 spiro atoms. The predicted octanol–water partition coefficient (Wildman–Crippen LogP) is 7.14. The van der Waals surface area contributed by atoms with Crippen molar-refractivity contribution in [3.8, 4) is 29.1 Å². The standard InChI is InChI=1S/C45H52N2O10/c1-5-28-46-45(49)52-31-43-41(55-38-20-18-35(50-4)19-21-38)25-23-39(57-43)27-29-53-47-33(3)13-26-44(48)51-30-42-40(54-36-15-11-32(2)12-16-36)24-22-37(56-42)17-14-34-9-7-6-8-10-34/h6-12,15-16,18-25,37,39-43H,5,13,26-31H2,1-4H3,(H,46,49)/t37-,39+,40+,41+,42-,43-/m1/s1. The van der Waals surface area contributed by atoms with Crippen molar-refractivity contribution in [2.75, 3.05) is 33.5 Å². The summed E-state index contributed by atoms with van der Waals surface area (Å²) in [5, 5.41) is 6.89. The third-order valence-electron chi connectivity index (χ3n) is 8.86. The van der Waals surface area contributed by atoms with Crippen LogP contribution in [0, 0.1) is 18.8 Å². The highest BCUT2D eigenvalue weighted by atomic mass is 16.6. The van der Waals surface area contributed by atoms with Gasteiger partial charge in [-0.15, -0.1) is 0 Å². The maximum Gasteiger partial charge on any atom is 0.407 e. The summed E-state index contributed by atoms with van der Waals surface area (Å²) in [6.45, 7) is 6.53. The van der Waals surface area contributed by atoms with E-state index in [1.54, 1.807) is 38.3 Å². The lowest BCUT2D eigenvalue weighted by molar-refractivity contribution is -0.151. The number of rotatable bonds is 18.